The quantitative estimate of drug-likeness (QED) is 0.793. The Morgan fingerprint density at radius 2 is 1.80 bits per heavy atom. The zero-order valence-corrected chi connectivity index (χ0v) is 9.16. The van der Waals surface area contributed by atoms with Crippen molar-refractivity contribution in [3.05, 3.63) is 24.3 Å². The molecule has 0 bridgehead atoms. The van der Waals surface area contributed by atoms with Gasteiger partial charge in [-0.15, -0.1) is 0 Å². The molecule has 0 heterocycles. The number of carbonyl (C=O) groups is 1. The molecule has 0 aliphatic carbocycles. The van der Waals surface area contributed by atoms with Crippen molar-refractivity contribution in [3.63, 3.8) is 0 Å². The summed E-state index contributed by atoms with van der Waals surface area (Å²) in [5.41, 5.74) is 6.88. The smallest absolute Gasteiger partial charge is 0.316 e. The van der Waals surface area contributed by atoms with E-state index in [0.717, 1.165) is 24.5 Å². The van der Waals surface area contributed by atoms with Crippen LogP contribution in [0.4, 0.5) is 16.2 Å². The van der Waals surface area contributed by atoms with Crippen LogP contribution in [0, 0.1) is 0 Å². The molecule has 0 atom stereocenters. The molecule has 3 N–H and O–H groups in total. The van der Waals surface area contributed by atoms with E-state index < -0.39 is 6.03 Å². The van der Waals surface area contributed by atoms with Gasteiger partial charge in [0, 0.05) is 24.5 Å². The van der Waals surface area contributed by atoms with Crippen LogP contribution in [0.1, 0.15) is 13.8 Å². The van der Waals surface area contributed by atoms with Crippen molar-refractivity contribution in [2.24, 2.45) is 5.73 Å². The number of amides is 2. The van der Waals surface area contributed by atoms with Crippen molar-refractivity contribution in [2.45, 2.75) is 13.8 Å². The largest absolute Gasteiger partial charge is 0.372 e. The number of nitrogens with two attached hydrogens (primary N) is 1. The van der Waals surface area contributed by atoms with Crippen molar-refractivity contribution in [1.82, 2.24) is 0 Å². The van der Waals surface area contributed by atoms with Gasteiger partial charge >= 0.3 is 6.03 Å². The number of urea groups is 1. The van der Waals surface area contributed by atoms with Gasteiger partial charge in [0.1, 0.15) is 0 Å². The van der Waals surface area contributed by atoms with E-state index in [4.69, 9.17) is 5.73 Å². The summed E-state index contributed by atoms with van der Waals surface area (Å²) < 4.78 is 0. The maximum absolute atomic E-state index is 10.6. The molecule has 0 fully saturated rings. The summed E-state index contributed by atoms with van der Waals surface area (Å²) in [6.45, 7) is 6.16. The van der Waals surface area contributed by atoms with Gasteiger partial charge in [0.25, 0.3) is 0 Å². The Labute approximate surface area is 90.1 Å². The molecule has 1 aromatic carbocycles. The lowest BCUT2D eigenvalue weighted by atomic mass is 10.2. The minimum atomic E-state index is -0.536. The Kier molecular flexibility index (Phi) is 3.97. The lowest BCUT2D eigenvalue weighted by molar-refractivity contribution is 0.259. The van der Waals surface area contributed by atoms with E-state index in [9.17, 15) is 4.79 Å². The van der Waals surface area contributed by atoms with Gasteiger partial charge in [-0.1, -0.05) is 0 Å². The molecule has 4 nitrogen and oxygen atoms in total. The van der Waals surface area contributed by atoms with Crippen molar-refractivity contribution >= 4 is 17.4 Å². The van der Waals surface area contributed by atoms with Crippen LogP contribution in [0.3, 0.4) is 0 Å². The maximum Gasteiger partial charge on any atom is 0.316 e. The Morgan fingerprint density at radius 3 is 2.20 bits per heavy atom. The number of nitrogens with one attached hydrogen (secondary N) is 1. The first-order valence-electron chi connectivity index (χ1n) is 5.08. The van der Waals surface area contributed by atoms with Crippen LogP contribution in [0.2, 0.25) is 0 Å². The van der Waals surface area contributed by atoms with Gasteiger partial charge < -0.3 is 16.0 Å². The summed E-state index contributed by atoms with van der Waals surface area (Å²) in [4.78, 5) is 12.8. The summed E-state index contributed by atoms with van der Waals surface area (Å²) >= 11 is 0. The molecule has 0 aliphatic rings. The molecule has 0 aliphatic heterocycles. The fraction of sp³-hybridized carbons (Fsp3) is 0.364. The number of benzene rings is 1. The van der Waals surface area contributed by atoms with Gasteiger partial charge in [-0.25, -0.2) is 4.79 Å². The SMILES string of the molecule is CCN(CC)c1ccc(NC(N)=O)cc1. The molecule has 0 unspecified atom stereocenters. The first-order chi connectivity index (χ1) is 7.17. The van der Waals surface area contributed by atoms with E-state index in [0.29, 0.717) is 0 Å². The Hall–Kier alpha value is -1.71. The minimum Gasteiger partial charge on any atom is -0.372 e. The van der Waals surface area contributed by atoms with Crippen LogP contribution >= 0.6 is 0 Å². The lowest BCUT2D eigenvalue weighted by Gasteiger charge is -2.21. The molecule has 4 heteroatoms. The van der Waals surface area contributed by atoms with Crippen molar-refractivity contribution < 1.29 is 4.79 Å². The number of hydrogen-bond donors (Lipinski definition) is 2. The molecule has 0 saturated carbocycles. The number of rotatable bonds is 4. The van der Waals surface area contributed by atoms with Crippen LogP contribution in [-0.4, -0.2) is 19.1 Å². The van der Waals surface area contributed by atoms with E-state index >= 15 is 0 Å². The fourth-order valence-electron chi connectivity index (χ4n) is 1.49. The van der Waals surface area contributed by atoms with Gasteiger partial charge in [0.15, 0.2) is 0 Å². The minimum absolute atomic E-state index is 0.536. The highest BCUT2D eigenvalue weighted by molar-refractivity contribution is 5.87. The maximum atomic E-state index is 10.6. The van der Waals surface area contributed by atoms with Gasteiger partial charge in [0.2, 0.25) is 0 Å². The second-order valence-corrected chi connectivity index (χ2v) is 3.21. The van der Waals surface area contributed by atoms with Gasteiger partial charge in [-0.05, 0) is 38.1 Å². The predicted octanol–water partition coefficient (Wildman–Crippen LogP) is 2.02. The second-order valence-electron chi connectivity index (χ2n) is 3.21. The van der Waals surface area contributed by atoms with E-state index in [2.05, 4.69) is 24.1 Å². The Bertz CT molecular complexity index is 317. The molecular weight excluding hydrogens is 190 g/mol. The molecular formula is C11H17N3O. The zero-order chi connectivity index (χ0) is 11.3. The highest BCUT2D eigenvalue weighted by Gasteiger charge is 2.01. The van der Waals surface area contributed by atoms with Crippen LogP contribution in [-0.2, 0) is 0 Å². The molecule has 82 valence electrons. The third kappa shape index (κ3) is 3.16. The van der Waals surface area contributed by atoms with Crippen LogP contribution in [0.25, 0.3) is 0 Å². The number of nitrogens with zero attached hydrogens (tertiary/aromatic N) is 1. The predicted molar refractivity (Wildman–Crippen MR) is 63.2 cm³/mol. The molecule has 0 aromatic heterocycles. The molecule has 0 saturated heterocycles. The van der Waals surface area contributed by atoms with Gasteiger partial charge in [0.05, 0.1) is 0 Å². The average Bonchev–Trinajstić information content (AvgIpc) is 2.21. The molecule has 15 heavy (non-hydrogen) atoms. The number of hydrogen-bond acceptors (Lipinski definition) is 2. The molecule has 1 aromatic rings. The van der Waals surface area contributed by atoms with E-state index in [1.807, 2.05) is 24.3 Å². The summed E-state index contributed by atoms with van der Waals surface area (Å²) in [6.07, 6.45) is 0. The average molecular weight is 207 g/mol. The van der Waals surface area contributed by atoms with Gasteiger partial charge in [-0.2, -0.15) is 0 Å². The number of carbonyl (C=O) groups excluding carboxylic acids is 1. The highest BCUT2D eigenvalue weighted by atomic mass is 16.2. The first-order valence-corrected chi connectivity index (χ1v) is 5.08. The van der Waals surface area contributed by atoms with Crippen molar-refractivity contribution in [2.75, 3.05) is 23.3 Å². The molecule has 2 amide bonds. The monoisotopic (exact) mass is 207 g/mol. The normalized spacial score (nSPS) is 9.73. The van der Waals surface area contributed by atoms with E-state index in [-0.39, 0.29) is 0 Å². The van der Waals surface area contributed by atoms with E-state index in [1.54, 1.807) is 0 Å². The van der Waals surface area contributed by atoms with Crippen molar-refractivity contribution in [3.8, 4) is 0 Å². The summed E-state index contributed by atoms with van der Waals surface area (Å²) in [5, 5.41) is 2.53. The highest BCUT2D eigenvalue weighted by Crippen LogP contribution is 2.17. The lowest BCUT2D eigenvalue weighted by Crippen LogP contribution is -2.22. The molecule has 0 spiro atoms. The van der Waals surface area contributed by atoms with Crippen LogP contribution in [0.15, 0.2) is 24.3 Å². The first kappa shape index (κ1) is 11.4. The Balaban J connectivity index is 2.75. The van der Waals surface area contributed by atoms with E-state index in [1.165, 1.54) is 0 Å². The fourth-order valence-corrected chi connectivity index (χ4v) is 1.49. The molecule has 1 rings (SSSR count). The zero-order valence-electron chi connectivity index (χ0n) is 9.16. The van der Waals surface area contributed by atoms with Crippen LogP contribution in [0.5, 0.6) is 0 Å². The van der Waals surface area contributed by atoms with Crippen LogP contribution < -0.4 is 16.0 Å². The number of primary amides is 1. The topological polar surface area (TPSA) is 58.4 Å². The standard InChI is InChI=1S/C11H17N3O/c1-3-14(4-2)10-7-5-9(6-8-10)13-11(12)15/h5-8H,3-4H2,1-2H3,(H3,12,13,15). The summed E-state index contributed by atoms with van der Waals surface area (Å²) in [6, 6.07) is 7.10. The second kappa shape index (κ2) is 5.24. The Morgan fingerprint density at radius 1 is 1.27 bits per heavy atom. The summed E-state index contributed by atoms with van der Waals surface area (Å²) in [5.74, 6) is 0. The third-order valence-electron chi connectivity index (χ3n) is 2.26. The summed E-state index contributed by atoms with van der Waals surface area (Å²) in [7, 11) is 0. The van der Waals surface area contributed by atoms with Crippen molar-refractivity contribution in [1.29, 1.82) is 0 Å². The molecule has 0 radical (unpaired) electrons. The van der Waals surface area contributed by atoms with Gasteiger partial charge in [-0.3, -0.25) is 0 Å². The number of anilines is 2. The third-order valence-corrected chi connectivity index (χ3v) is 2.26.